The van der Waals surface area contributed by atoms with Gasteiger partial charge in [0.1, 0.15) is 0 Å². The van der Waals surface area contributed by atoms with Crippen LogP contribution in [0.5, 0.6) is 0 Å². The van der Waals surface area contributed by atoms with Gasteiger partial charge >= 0.3 is 33.0 Å². The minimum absolute atomic E-state index is 0.562. The third-order valence-electron chi connectivity index (χ3n) is 4.58. The SMILES string of the molecule is CCCCCCCCCC[P+](CCC)(CCC)CCC.F[P-](F)(F)(F)(F)F. The van der Waals surface area contributed by atoms with Gasteiger partial charge in [-0.15, -0.1) is 0 Å². The predicted octanol–water partition coefficient (Wildman–Crippen LogP) is 10.8. The van der Waals surface area contributed by atoms with E-state index in [2.05, 4.69) is 27.7 Å². The number of hydrogen-bond donors (Lipinski definition) is 0. The summed E-state index contributed by atoms with van der Waals surface area (Å²) in [5.41, 5.74) is 0. The minimum atomic E-state index is -10.7. The van der Waals surface area contributed by atoms with E-state index in [0.717, 1.165) is 0 Å². The van der Waals surface area contributed by atoms with Crippen LogP contribution in [-0.4, -0.2) is 24.6 Å². The average Bonchev–Trinajstić information content (AvgIpc) is 2.48. The molecule has 0 unspecified atom stereocenters. The average molecular weight is 446 g/mol. The molecule has 0 aromatic rings. The molecule has 0 bridgehead atoms. The van der Waals surface area contributed by atoms with Crippen molar-refractivity contribution in [3.05, 3.63) is 0 Å². The zero-order valence-corrected chi connectivity index (χ0v) is 19.6. The summed E-state index contributed by atoms with van der Waals surface area (Å²) in [6, 6.07) is 0. The molecule has 0 aliphatic carbocycles. The van der Waals surface area contributed by atoms with Crippen LogP contribution in [0.15, 0.2) is 0 Å². The van der Waals surface area contributed by atoms with Gasteiger partial charge < -0.3 is 0 Å². The third-order valence-corrected chi connectivity index (χ3v) is 10.0. The van der Waals surface area contributed by atoms with Crippen LogP contribution in [0, 0.1) is 0 Å². The van der Waals surface area contributed by atoms with E-state index in [1.807, 2.05) is 0 Å². The van der Waals surface area contributed by atoms with E-state index < -0.39 is 15.1 Å². The molecule has 0 amide bonds. The molecule has 0 saturated heterocycles. The first-order valence-corrected chi connectivity index (χ1v) is 15.2. The Balaban J connectivity index is 0. The normalized spacial score (nSPS) is 14.9. The molecule has 0 radical (unpaired) electrons. The second-order valence-corrected chi connectivity index (χ2v) is 14.1. The van der Waals surface area contributed by atoms with Crippen molar-refractivity contribution in [2.45, 2.75) is 98.3 Å². The molecule has 0 atom stereocenters. The van der Waals surface area contributed by atoms with Crippen LogP contribution in [0.2, 0.25) is 0 Å². The van der Waals surface area contributed by atoms with E-state index in [1.54, 1.807) is 24.6 Å². The number of halogens is 6. The van der Waals surface area contributed by atoms with Crippen molar-refractivity contribution >= 4 is 15.1 Å². The van der Waals surface area contributed by atoms with Crippen LogP contribution in [0.4, 0.5) is 25.2 Å². The molecule has 0 nitrogen and oxygen atoms in total. The van der Waals surface area contributed by atoms with Crippen molar-refractivity contribution in [2.24, 2.45) is 0 Å². The summed E-state index contributed by atoms with van der Waals surface area (Å²) in [5.74, 6) is 0. The molecule has 0 fully saturated rings. The first-order chi connectivity index (χ1) is 12.2. The molecule has 0 aliphatic heterocycles. The van der Waals surface area contributed by atoms with Crippen molar-refractivity contribution in [1.29, 1.82) is 0 Å². The van der Waals surface area contributed by atoms with Gasteiger partial charge in [0.05, 0.1) is 24.6 Å². The van der Waals surface area contributed by atoms with Gasteiger partial charge in [-0.2, -0.15) is 0 Å². The van der Waals surface area contributed by atoms with Gasteiger partial charge in [-0.3, -0.25) is 0 Å². The first-order valence-electron chi connectivity index (χ1n) is 10.6. The maximum absolute atomic E-state index is 10.7. The van der Waals surface area contributed by atoms with E-state index >= 15 is 0 Å². The Hall–Kier alpha value is 0.440. The molecule has 0 aliphatic rings. The Labute approximate surface area is 163 Å². The van der Waals surface area contributed by atoms with Gasteiger partial charge in [0, 0.05) is 7.26 Å². The fraction of sp³-hybridized carbons (Fsp3) is 1.00. The van der Waals surface area contributed by atoms with E-state index in [1.165, 1.54) is 70.6 Å². The quantitative estimate of drug-likeness (QED) is 0.133. The molecule has 0 rings (SSSR count). The molecule has 0 N–H and O–H groups in total. The van der Waals surface area contributed by atoms with Gasteiger partial charge in [0.25, 0.3) is 0 Å². The molecular formula is C19H42F6P2. The summed E-state index contributed by atoms with van der Waals surface area (Å²) < 4.78 is 59.2. The summed E-state index contributed by atoms with van der Waals surface area (Å²) in [6.07, 6.45) is 22.4. The van der Waals surface area contributed by atoms with Gasteiger partial charge in [-0.25, -0.2) is 0 Å². The molecule has 0 aromatic heterocycles. The summed E-state index contributed by atoms with van der Waals surface area (Å²) in [6.45, 7) is 9.49. The molecule has 8 heteroatoms. The van der Waals surface area contributed by atoms with Crippen LogP contribution in [0.25, 0.3) is 0 Å². The zero-order chi connectivity index (χ0) is 21.5. The Morgan fingerprint density at radius 3 is 1.04 bits per heavy atom. The monoisotopic (exact) mass is 446 g/mol. The second kappa shape index (κ2) is 12.9. The van der Waals surface area contributed by atoms with Gasteiger partial charge in [0.15, 0.2) is 0 Å². The van der Waals surface area contributed by atoms with Crippen molar-refractivity contribution < 1.29 is 25.2 Å². The number of unbranched alkanes of at least 4 members (excludes halogenated alkanes) is 7. The van der Waals surface area contributed by atoms with E-state index in [0.29, 0.717) is 0 Å². The Morgan fingerprint density at radius 2 is 0.741 bits per heavy atom. The van der Waals surface area contributed by atoms with Crippen LogP contribution < -0.4 is 0 Å². The molecule has 170 valence electrons. The summed E-state index contributed by atoms with van der Waals surface area (Å²) in [7, 11) is -11.2. The standard InChI is InChI=1S/C19H42P.F6P/c1-5-9-10-11-12-13-14-15-19-20(16-6-2,17-7-3)18-8-4;1-7(2,3,4,5)6/h5-19H2,1-4H3;/q+1;-1. The number of rotatable bonds is 15. The third kappa shape index (κ3) is 28.7. The van der Waals surface area contributed by atoms with Crippen molar-refractivity contribution in [1.82, 2.24) is 0 Å². The molecule has 27 heavy (non-hydrogen) atoms. The maximum atomic E-state index is 9.87. The summed E-state index contributed by atoms with van der Waals surface area (Å²) in [4.78, 5) is 0. The van der Waals surface area contributed by atoms with Gasteiger partial charge in [-0.05, 0) is 32.1 Å². The molecule has 0 heterocycles. The summed E-state index contributed by atoms with van der Waals surface area (Å²) >= 11 is 0. The zero-order valence-electron chi connectivity index (χ0n) is 17.8. The van der Waals surface area contributed by atoms with Gasteiger partial charge in [-0.1, -0.05) is 66.2 Å². The van der Waals surface area contributed by atoms with Crippen molar-refractivity contribution in [3.8, 4) is 0 Å². The molecule has 0 aromatic carbocycles. The Kier molecular flexibility index (Phi) is 14.1. The molecule has 0 saturated carbocycles. The fourth-order valence-corrected chi connectivity index (χ4v) is 8.76. The Morgan fingerprint density at radius 1 is 0.444 bits per heavy atom. The molecule has 0 spiro atoms. The van der Waals surface area contributed by atoms with Crippen LogP contribution in [0.3, 0.4) is 0 Å². The van der Waals surface area contributed by atoms with Crippen LogP contribution in [-0.2, 0) is 0 Å². The van der Waals surface area contributed by atoms with E-state index in [-0.39, 0.29) is 0 Å². The summed E-state index contributed by atoms with van der Waals surface area (Å²) in [5, 5.41) is 0. The molecular weight excluding hydrogens is 404 g/mol. The van der Waals surface area contributed by atoms with Crippen molar-refractivity contribution in [2.75, 3.05) is 24.6 Å². The predicted molar refractivity (Wildman–Crippen MR) is 113 cm³/mol. The van der Waals surface area contributed by atoms with Crippen LogP contribution >= 0.6 is 15.1 Å². The first kappa shape index (κ1) is 29.6. The van der Waals surface area contributed by atoms with Crippen molar-refractivity contribution in [3.63, 3.8) is 0 Å². The van der Waals surface area contributed by atoms with Gasteiger partial charge in [0.2, 0.25) is 0 Å². The number of hydrogen-bond acceptors (Lipinski definition) is 0. The second-order valence-electron chi connectivity index (χ2n) is 7.67. The fourth-order valence-electron chi connectivity index (χ4n) is 3.67. The Bertz CT molecular complexity index is 325. The van der Waals surface area contributed by atoms with E-state index in [4.69, 9.17) is 0 Å². The van der Waals surface area contributed by atoms with Crippen LogP contribution in [0.1, 0.15) is 98.3 Å². The topological polar surface area (TPSA) is 0 Å². The van der Waals surface area contributed by atoms with E-state index in [9.17, 15) is 25.2 Å².